The Labute approximate surface area is 178 Å². The van der Waals surface area contributed by atoms with Crippen molar-refractivity contribution in [2.75, 3.05) is 19.8 Å². The van der Waals surface area contributed by atoms with Crippen LogP contribution in [0.3, 0.4) is 0 Å². The third kappa shape index (κ3) is 6.47. The smallest absolute Gasteiger partial charge is 0.307 e. The van der Waals surface area contributed by atoms with Gasteiger partial charge in [-0.1, -0.05) is 29.8 Å². The predicted octanol–water partition coefficient (Wildman–Crippen LogP) is 3.77. The Bertz CT molecular complexity index is 941. The molecule has 0 aliphatic carbocycles. The van der Waals surface area contributed by atoms with Crippen molar-refractivity contribution in [3.8, 4) is 11.5 Å². The number of aryl methyl sites for hydroxylation is 1. The summed E-state index contributed by atoms with van der Waals surface area (Å²) in [6.07, 6.45) is -0.134. The first-order valence-corrected chi connectivity index (χ1v) is 11.4. The minimum Gasteiger partial charge on any atom is -0.494 e. The van der Waals surface area contributed by atoms with Crippen LogP contribution in [0.1, 0.15) is 44.4 Å². The van der Waals surface area contributed by atoms with Crippen molar-refractivity contribution >= 4 is 16.0 Å². The average Bonchev–Trinajstić information content (AvgIpc) is 2.69. The molecule has 0 aromatic heterocycles. The molecule has 164 valence electrons. The van der Waals surface area contributed by atoms with Crippen molar-refractivity contribution < 1.29 is 27.4 Å². The highest BCUT2D eigenvalue weighted by Gasteiger charge is 2.27. The van der Waals surface area contributed by atoms with E-state index in [9.17, 15) is 13.2 Å². The number of carbonyl (C=O) groups excluding carboxylic acids is 1. The Morgan fingerprint density at radius 2 is 1.63 bits per heavy atom. The molecule has 2 rings (SSSR count). The van der Waals surface area contributed by atoms with Gasteiger partial charge in [0.25, 0.3) is 0 Å². The summed E-state index contributed by atoms with van der Waals surface area (Å²) in [6, 6.07) is 11.2. The van der Waals surface area contributed by atoms with Gasteiger partial charge in [0.05, 0.1) is 32.3 Å². The van der Waals surface area contributed by atoms with Crippen LogP contribution in [0.4, 0.5) is 0 Å². The monoisotopic (exact) mass is 435 g/mol. The van der Waals surface area contributed by atoms with E-state index in [4.69, 9.17) is 14.2 Å². The molecular formula is C22H29NO6S. The van der Waals surface area contributed by atoms with Crippen LogP contribution in [0.5, 0.6) is 11.5 Å². The summed E-state index contributed by atoms with van der Waals surface area (Å²) < 4.78 is 45.2. The van der Waals surface area contributed by atoms with Crippen LogP contribution >= 0.6 is 0 Å². The molecular weight excluding hydrogens is 406 g/mol. The lowest BCUT2D eigenvalue weighted by Gasteiger charge is -2.20. The van der Waals surface area contributed by atoms with Crippen LogP contribution in [0.15, 0.2) is 47.4 Å². The SMILES string of the molecule is CCOC(=O)C[C@H](NS(=O)(=O)c1cc(OCC)ccc1OCC)c1ccc(C)cc1. The Morgan fingerprint density at radius 3 is 2.23 bits per heavy atom. The second-order valence-corrected chi connectivity index (χ2v) is 8.25. The highest BCUT2D eigenvalue weighted by Crippen LogP contribution is 2.30. The highest BCUT2D eigenvalue weighted by molar-refractivity contribution is 7.89. The minimum absolute atomic E-state index is 0.0451. The molecule has 0 saturated heterocycles. The molecule has 0 heterocycles. The third-order valence-electron chi connectivity index (χ3n) is 4.27. The van der Waals surface area contributed by atoms with Gasteiger partial charge in [-0.3, -0.25) is 4.79 Å². The number of hydrogen-bond donors (Lipinski definition) is 1. The van der Waals surface area contributed by atoms with Crippen molar-refractivity contribution in [2.24, 2.45) is 0 Å². The van der Waals surface area contributed by atoms with E-state index >= 15 is 0 Å². The van der Waals surface area contributed by atoms with Gasteiger partial charge in [0.2, 0.25) is 10.0 Å². The zero-order valence-corrected chi connectivity index (χ0v) is 18.6. The fraction of sp³-hybridized carbons (Fsp3) is 0.409. The molecule has 0 spiro atoms. The Hall–Kier alpha value is -2.58. The van der Waals surface area contributed by atoms with Gasteiger partial charge in [0.15, 0.2) is 0 Å². The number of rotatable bonds is 11. The summed E-state index contributed by atoms with van der Waals surface area (Å²) in [6.45, 7) is 8.15. The van der Waals surface area contributed by atoms with Gasteiger partial charge in [-0.2, -0.15) is 0 Å². The number of nitrogens with one attached hydrogen (secondary N) is 1. The van der Waals surface area contributed by atoms with Crippen molar-refractivity contribution in [3.05, 3.63) is 53.6 Å². The van der Waals surface area contributed by atoms with Gasteiger partial charge in [-0.15, -0.1) is 0 Å². The quantitative estimate of drug-likeness (QED) is 0.541. The lowest BCUT2D eigenvalue weighted by atomic mass is 10.0. The van der Waals surface area contributed by atoms with Crippen molar-refractivity contribution in [3.63, 3.8) is 0 Å². The van der Waals surface area contributed by atoms with E-state index in [0.717, 1.165) is 5.56 Å². The average molecular weight is 436 g/mol. The van der Waals surface area contributed by atoms with E-state index in [1.165, 1.54) is 6.07 Å². The lowest BCUT2D eigenvalue weighted by Crippen LogP contribution is -2.31. The summed E-state index contributed by atoms with van der Waals surface area (Å²) in [5.41, 5.74) is 1.69. The number of carbonyl (C=O) groups is 1. The van der Waals surface area contributed by atoms with Crippen LogP contribution < -0.4 is 14.2 Å². The van der Waals surface area contributed by atoms with E-state index in [1.807, 2.05) is 26.0 Å². The summed E-state index contributed by atoms with van der Waals surface area (Å²) in [7, 11) is -4.03. The molecule has 7 nitrogen and oxygen atoms in total. The minimum atomic E-state index is -4.03. The van der Waals surface area contributed by atoms with Gasteiger partial charge in [-0.25, -0.2) is 13.1 Å². The van der Waals surface area contributed by atoms with Crippen LogP contribution in [0, 0.1) is 6.92 Å². The Balaban J connectivity index is 2.43. The van der Waals surface area contributed by atoms with E-state index in [0.29, 0.717) is 24.5 Å². The van der Waals surface area contributed by atoms with Crippen LogP contribution in [0.2, 0.25) is 0 Å². The largest absolute Gasteiger partial charge is 0.494 e. The molecule has 0 unspecified atom stereocenters. The number of ether oxygens (including phenoxy) is 3. The fourth-order valence-electron chi connectivity index (χ4n) is 2.89. The highest BCUT2D eigenvalue weighted by atomic mass is 32.2. The molecule has 0 bridgehead atoms. The molecule has 0 saturated carbocycles. The summed E-state index contributed by atoms with van der Waals surface area (Å²) in [5, 5.41) is 0. The predicted molar refractivity (Wildman–Crippen MR) is 114 cm³/mol. The van der Waals surface area contributed by atoms with Gasteiger partial charge in [0.1, 0.15) is 16.4 Å². The van der Waals surface area contributed by atoms with Crippen molar-refractivity contribution in [1.82, 2.24) is 4.72 Å². The first-order valence-electron chi connectivity index (χ1n) is 9.94. The zero-order valence-electron chi connectivity index (χ0n) is 17.8. The molecule has 8 heteroatoms. The van der Waals surface area contributed by atoms with Gasteiger partial charge in [0, 0.05) is 6.07 Å². The fourth-order valence-corrected chi connectivity index (χ4v) is 4.28. The number of sulfonamides is 1. The molecule has 1 atom stereocenters. The maximum absolute atomic E-state index is 13.3. The Kier molecular flexibility index (Phi) is 8.68. The van der Waals surface area contributed by atoms with E-state index < -0.39 is 22.0 Å². The molecule has 0 aliphatic heterocycles. The number of hydrogen-bond acceptors (Lipinski definition) is 6. The first-order chi connectivity index (χ1) is 14.3. The first kappa shape index (κ1) is 23.7. The number of benzene rings is 2. The van der Waals surface area contributed by atoms with E-state index in [2.05, 4.69) is 4.72 Å². The van der Waals surface area contributed by atoms with E-state index in [-0.39, 0.29) is 23.7 Å². The maximum atomic E-state index is 13.3. The molecule has 30 heavy (non-hydrogen) atoms. The second kappa shape index (κ2) is 11.0. The lowest BCUT2D eigenvalue weighted by molar-refractivity contribution is -0.143. The zero-order chi connectivity index (χ0) is 22.1. The summed E-state index contributed by atoms with van der Waals surface area (Å²) >= 11 is 0. The Morgan fingerprint density at radius 1 is 0.967 bits per heavy atom. The molecule has 2 aromatic carbocycles. The molecule has 0 fully saturated rings. The van der Waals surface area contributed by atoms with Gasteiger partial charge < -0.3 is 14.2 Å². The molecule has 0 aliphatic rings. The topological polar surface area (TPSA) is 90.9 Å². The van der Waals surface area contributed by atoms with Gasteiger partial charge >= 0.3 is 5.97 Å². The van der Waals surface area contributed by atoms with Crippen LogP contribution in [-0.2, 0) is 19.6 Å². The van der Waals surface area contributed by atoms with Crippen molar-refractivity contribution in [1.29, 1.82) is 0 Å². The third-order valence-corrected chi connectivity index (χ3v) is 5.76. The van der Waals surface area contributed by atoms with Gasteiger partial charge in [-0.05, 0) is 45.4 Å². The molecule has 0 amide bonds. The van der Waals surface area contributed by atoms with Crippen LogP contribution in [-0.4, -0.2) is 34.2 Å². The maximum Gasteiger partial charge on any atom is 0.307 e. The molecule has 1 N–H and O–H groups in total. The summed E-state index contributed by atoms with van der Waals surface area (Å²) in [5.74, 6) is 0.143. The number of esters is 1. The normalized spacial score (nSPS) is 12.3. The molecule has 2 aromatic rings. The van der Waals surface area contributed by atoms with Crippen molar-refractivity contribution in [2.45, 2.75) is 45.1 Å². The van der Waals surface area contributed by atoms with Crippen LogP contribution in [0.25, 0.3) is 0 Å². The van der Waals surface area contributed by atoms with E-state index in [1.54, 1.807) is 38.1 Å². The second-order valence-electron chi connectivity index (χ2n) is 6.57. The summed E-state index contributed by atoms with van der Waals surface area (Å²) in [4.78, 5) is 12.1. The standard InChI is InChI=1S/C22H29NO6S/c1-5-27-18-12-13-20(28-6-2)21(14-18)30(25,26)23-19(15-22(24)29-7-3)17-10-8-16(4)9-11-17/h8-14,19,23H,5-7,15H2,1-4H3/t19-/m0/s1. The molecule has 0 radical (unpaired) electrons.